The standard InChI is InChI=1S/C8H17.ClH.Mg/c1-4-7-8(5-2)6-3;;/h4-7H2,1-3H3;1H;/q-1;;+2/p-1. The minimum absolute atomic E-state index is 0. The predicted octanol–water partition coefficient (Wildman–Crippen LogP) is -0.196. The van der Waals surface area contributed by atoms with Crippen molar-refractivity contribution < 1.29 is 12.4 Å². The van der Waals surface area contributed by atoms with E-state index in [1.54, 1.807) is 5.92 Å². The molecule has 0 rings (SSSR count). The summed E-state index contributed by atoms with van der Waals surface area (Å²) in [6.45, 7) is 6.73. The first-order chi connectivity index (χ1) is 3.85. The van der Waals surface area contributed by atoms with Crippen molar-refractivity contribution in [2.75, 3.05) is 0 Å². The van der Waals surface area contributed by atoms with Crippen LogP contribution in [0.25, 0.3) is 0 Å². The van der Waals surface area contributed by atoms with E-state index in [0.29, 0.717) is 0 Å². The molecule has 0 radical (unpaired) electrons. The van der Waals surface area contributed by atoms with Gasteiger partial charge in [-0.25, -0.2) is 0 Å². The minimum Gasteiger partial charge on any atom is -1.00 e. The van der Waals surface area contributed by atoms with E-state index in [2.05, 4.69) is 20.8 Å². The Morgan fingerprint density at radius 1 is 1.00 bits per heavy atom. The molecule has 2 heteroatoms. The summed E-state index contributed by atoms with van der Waals surface area (Å²) in [5.41, 5.74) is 0. The van der Waals surface area contributed by atoms with Crippen LogP contribution in [0.3, 0.4) is 0 Å². The fraction of sp³-hybridized carbons (Fsp3) is 0.875. The van der Waals surface area contributed by atoms with Gasteiger partial charge in [-0.3, -0.25) is 0 Å². The summed E-state index contributed by atoms with van der Waals surface area (Å²) < 4.78 is 0. The van der Waals surface area contributed by atoms with E-state index in [9.17, 15) is 0 Å². The van der Waals surface area contributed by atoms with Gasteiger partial charge in [-0.15, -0.1) is 0 Å². The van der Waals surface area contributed by atoms with Crippen LogP contribution in [0.5, 0.6) is 0 Å². The number of halogens is 1. The summed E-state index contributed by atoms with van der Waals surface area (Å²) in [6, 6.07) is 0. The van der Waals surface area contributed by atoms with Crippen molar-refractivity contribution in [3.8, 4) is 0 Å². The Morgan fingerprint density at radius 2 is 1.40 bits per heavy atom. The van der Waals surface area contributed by atoms with Gasteiger partial charge in [-0.2, -0.15) is 19.3 Å². The normalized spacial score (nSPS) is 8.40. The summed E-state index contributed by atoms with van der Waals surface area (Å²) in [5, 5.41) is 0. The molecule has 0 bridgehead atoms. The van der Waals surface area contributed by atoms with Gasteiger partial charge in [0.25, 0.3) is 0 Å². The van der Waals surface area contributed by atoms with Crippen LogP contribution in [0.2, 0.25) is 0 Å². The largest absolute Gasteiger partial charge is 2.00 e. The van der Waals surface area contributed by atoms with Gasteiger partial charge in [-0.1, -0.05) is 27.2 Å². The van der Waals surface area contributed by atoms with Gasteiger partial charge in [0.05, 0.1) is 0 Å². The van der Waals surface area contributed by atoms with Crippen LogP contribution in [0.4, 0.5) is 0 Å². The maximum atomic E-state index is 2.24. The van der Waals surface area contributed by atoms with E-state index < -0.39 is 0 Å². The Morgan fingerprint density at radius 3 is 1.50 bits per heavy atom. The smallest absolute Gasteiger partial charge is 1.00 e. The Kier molecular flexibility index (Phi) is 21.9. The van der Waals surface area contributed by atoms with E-state index in [1.807, 2.05) is 0 Å². The molecule has 0 spiro atoms. The third kappa shape index (κ3) is 9.06. The molecule has 0 amide bonds. The van der Waals surface area contributed by atoms with Crippen molar-refractivity contribution >= 4 is 23.1 Å². The zero-order valence-corrected chi connectivity index (χ0v) is 9.58. The fourth-order valence-corrected chi connectivity index (χ4v) is 0.957. The molecule has 0 atom stereocenters. The molecule has 0 aromatic heterocycles. The average Bonchev–Trinajstić information content (AvgIpc) is 1.83. The summed E-state index contributed by atoms with van der Waals surface area (Å²) in [6.07, 6.45) is 5.22. The third-order valence-corrected chi connectivity index (χ3v) is 1.60. The molecule has 0 heterocycles. The van der Waals surface area contributed by atoms with E-state index in [-0.39, 0.29) is 35.5 Å². The van der Waals surface area contributed by atoms with E-state index in [0.717, 1.165) is 0 Å². The molecule has 58 valence electrons. The van der Waals surface area contributed by atoms with Crippen molar-refractivity contribution in [2.24, 2.45) is 0 Å². The summed E-state index contributed by atoms with van der Waals surface area (Å²) in [7, 11) is 0. The Balaban J connectivity index is -0.000000245. The second-order valence-corrected chi connectivity index (χ2v) is 2.21. The first-order valence-corrected chi connectivity index (χ1v) is 3.68. The van der Waals surface area contributed by atoms with Crippen LogP contribution >= 0.6 is 0 Å². The zero-order valence-electron chi connectivity index (χ0n) is 7.41. The molecule has 0 fully saturated rings. The van der Waals surface area contributed by atoms with Gasteiger partial charge in [0.15, 0.2) is 0 Å². The van der Waals surface area contributed by atoms with Crippen molar-refractivity contribution in [1.29, 1.82) is 0 Å². The Labute approximate surface area is 87.7 Å². The molecular formula is C8H17ClMg. The Bertz CT molecular complexity index is 44.5. The Hall–Kier alpha value is 1.06. The predicted molar refractivity (Wildman–Crippen MR) is 44.5 cm³/mol. The van der Waals surface area contributed by atoms with Crippen molar-refractivity contribution in [3.63, 3.8) is 0 Å². The third-order valence-electron chi connectivity index (χ3n) is 1.60. The molecule has 0 aliphatic carbocycles. The van der Waals surface area contributed by atoms with Crippen LogP contribution in [0.15, 0.2) is 0 Å². The molecule has 0 N–H and O–H groups in total. The quantitative estimate of drug-likeness (QED) is 0.408. The van der Waals surface area contributed by atoms with Gasteiger partial charge in [-0.05, 0) is 0 Å². The number of rotatable bonds is 4. The molecule has 0 aliphatic rings. The molecule has 0 aromatic carbocycles. The summed E-state index contributed by atoms with van der Waals surface area (Å²) in [5.74, 6) is 1.72. The maximum absolute atomic E-state index is 2.24. The molecule has 0 unspecified atom stereocenters. The van der Waals surface area contributed by atoms with Gasteiger partial charge in [0, 0.05) is 0 Å². The first kappa shape index (κ1) is 17.2. The molecular weight excluding hydrogens is 156 g/mol. The minimum atomic E-state index is 0. The monoisotopic (exact) mass is 172 g/mol. The van der Waals surface area contributed by atoms with Crippen LogP contribution in [0.1, 0.15) is 46.5 Å². The van der Waals surface area contributed by atoms with Crippen molar-refractivity contribution in [1.82, 2.24) is 0 Å². The van der Waals surface area contributed by atoms with E-state index in [4.69, 9.17) is 0 Å². The SMILES string of the molecule is CCC[C-](CC)CC.[Cl-].[Mg+2]. The summed E-state index contributed by atoms with van der Waals surface area (Å²) >= 11 is 0. The first-order valence-electron chi connectivity index (χ1n) is 3.68. The van der Waals surface area contributed by atoms with Gasteiger partial charge in [0.1, 0.15) is 0 Å². The maximum Gasteiger partial charge on any atom is 2.00 e. The fourth-order valence-electron chi connectivity index (χ4n) is 0.957. The second-order valence-electron chi connectivity index (χ2n) is 2.21. The topological polar surface area (TPSA) is 0 Å². The van der Waals surface area contributed by atoms with Crippen LogP contribution < -0.4 is 12.4 Å². The number of hydrogen-bond acceptors (Lipinski definition) is 0. The van der Waals surface area contributed by atoms with Crippen LogP contribution in [-0.4, -0.2) is 23.1 Å². The molecule has 0 saturated carbocycles. The van der Waals surface area contributed by atoms with Crippen molar-refractivity contribution in [3.05, 3.63) is 5.92 Å². The van der Waals surface area contributed by atoms with Gasteiger partial charge < -0.3 is 18.3 Å². The summed E-state index contributed by atoms with van der Waals surface area (Å²) in [4.78, 5) is 0. The second kappa shape index (κ2) is 12.7. The zero-order chi connectivity index (χ0) is 6.41. The van der Waals surface area contributed by atoms with Crippen molar-refractivity contribution in [2.45, 2.75) is 46.5 Å². The molecule has 0 aromatic rings. The van der Waals surface area contributed by atoms with Gasteiger partial charge >= 0.3 is 23.1 Å². The molecule has 0 aliphatic heterocycles. The number of hydrogen-bond donors (Lipinski definition) is 0. The average molecular weight is 173 g/mol. The van der Waals surface area contributed by atoms with E-state index in [1.165, 1.54) is 25.7 Å². The molecule has 0 saturated heterocycles. The van der Waals surface area contributed by atoms with E-state index >= 15 is 0 Å². The molecule has 0 nitrogen and oxygen atoms in total. The molecule has 10 heavy (non-hydrogen) atoms. The van der Waals surface area contributed by atoms with Gasteiger partial charge in [0.2, 0.25) is 0 Å². The van der Waals surface area contributed by atoms with Crippen LogP contribution in [0, 0.1) is 5.92 Å². The van der Waals surface area contributed by atoms with Crippen LogP contribution in [-0.2, 0) is 0 Å².